The van der Waals surface area contributed by atoms with Gasteiger partial charge >= 0.3 is 5.97 Å². The fourth-order valence-corrected chi connectivity index (χ4v) is 2.90. The lowest BCUT2D eigenvalue weighted by Gasteiger charge is -2.22. The van der Waals surface area contributed by atoms with Crippen molar-refractivity contribution in [2.75, 3.05) is 13.7 Å². The van der Waals surface area contributed by atoms with Crippen LogP contribution in [0.5, 0.6) is 5.75 Å². The third kappa shape index (κ3) is 3.75. The zero-order valence-electron chi connectivity index (χ0n) is 13.5. The SMILES string of the molecule is COc1ccc(C[C@H]2NC[C@H](O)[C@H]2OC(=O)c2ccccc2)cc1. The van der Waals surface area contributed by atoms with Crippen LogP contribution in [0.15, 0.2) is 54.6 Å². The number of ether oxygens (including phenoxy) is 2. The fraction of sp³-hybridized carbons (Fsp3) is 0.316. The summed E-state index contributed by atoms with van der Waals surface area (Å²) in [6, 6.07) is 16.4. The minimum atomic E-state index is -0.707. The molecule has 2 aromatic carbocycles. The number of hydrogen-bond acceptors (Lipinski definition) is 5. The van der Waals surface area contributed by atoms with Crippen molar-refractivity contribution < 1.29 is 19.4 Å². The number of carbonyl (C=O) groups is 1. The number of methoxy groups -OCH3 is 1. The van der Waals surface area contributed by atoms with Crippen molar-refractivity contribution in [2.45, 2.75) is 24.7 Å². The molecular weight excluding hydrogens is 306 g/mol. The predicted molar refractivity (Wildman–Crippen MR) is 90.1 cm³/mol. The van der Waals surface area contributed by atoms with Crippen LogP contribution in [0.2, 0.25) is 0 Å². The largest absolute Gasteiger partial charge is 0.497 e. The molecule has 3 atom stereocenters. The van der Waals surface area contributed by atoms with Gasteiger partial charge in [-0.15, -0.1) is 0 Å². The van der Waals surface area contributed by atoms with Crippen molar-refractivity contribution >= 4 is 5.97 Å². The van der Waals surface area contributed by atoms with Crippen LogP contribution in [-0.2, 0) is 11.2 Å². The van der Waals surface area contributed by atoms with Gasteiger partial charge in [-0.1, -0.05) is 30.3 Å². The van der Waals surface area contributed by atoms with Crippen LogP contribution in [0.4, 0.5) is 0 Å². The maximum absolute atomic E-state index is 12.3. The molecular formula is C19H21NO4. The van der Waals surface area contributed by atoms with E-state index in [-0.39, 0.29) is 6.04 Å². The number of esters is 1. The van der Waals surface area contributed by atoms with E-state index >= 15 is 0 Å². The van der Waals surface area contributed by atoms with Crippen LogP contribution < -0.4 is 10.1 Å². The summed E-state index contributed by atoms with van der Waals surface area (Å²) in [6.07, 6.45) is -0.617. The average Bonchev–Trinajstić information content (AvgIpc) is 2.96. The van der Waals surface area contributed by atoms with Crippen LogP contribution >= 0.6 is 0 Å². The zero-order valence-corrected chi connectivity index (χ0v) is 13.5. The van der Waals surface area contributed by atoms with Gasteiger partial charge in [-0.05, 0) is 36.2 Å². The van der Waals surface area contributed by atoms with Crippen LogP contribution in [-0.4, -0.2) is 43.0 Å². The van der Waals surface area contributed by atoms with E-state index in [0.717, 1.165) is 11.3 Å². The van der Waals surface area contributed by atoms with E-state index in [4.69, 9.17) is 9.47 Å². The van der Waals surface area contributed by atoms with Gasteiger partial charge in [0.1, 0.15) is 18.0 Å². The Balaban J connectivity index is 1.67. The number of carbonyl (C=O) groups excluding carboxylic acids is 1. The summed E-state index contributed by atoms with van der Waals surface area (Å²) in [5.74, 6) is 0.383. The lowest BCUT2D eigenvalue weighted by molar-refractivity contribution is -0.00776. The van der Waals surface area contributed by atoms with Crippen LogP contribution in [0, 0.1) is 0 Å². The minimum Gasteiger partial charge on any atom is -0.497 e. The topological polar surface area (TPSA) is 67.8 Å². The Hall–Kier alpha value is -2.37. The molecule has 0 aromatic heterocycles. The lowest BCUT2D eigenvalue weighted by atomic mass is 10.0. The molecule has 1 heterocycles. The number of hydrogen-bond donors (Lipinski definition) is 2. The molecule has 5 heteroatoms. The summed E-state index contributed by atoms with van der Waals surface area (Å²) in [7, 11) is 1.63. The standard InChI is InChI=1S/C19H21NO4/c1-23-15-9-7-13(8-10-15)11-16-18(17(21)12-20-16)24-19(22)14-5-3-2-4-6-14/h2-10,16-18,20-21H,11-12H2,1H3/t16-,17+,18+/m1/s1. The van der Waals surface area contributed by atoms with Gasteiger partial charge in [0, 0.05) is 6.54 Å². The highest BCUT2D eigenvalue weighted by Crippen LogP contribution is 2.20. The van der Waals surface area contributed by atoms with Gasteiger partial charge in [0.25, 0.3) is 0 Å². The van der Waals surface area contributed by atoms with Crippen molar-refractivity contribution in [3.8, 4) is 5.75 Å². The Morgan fingerprint density at radius 3 is 2.54 bits per heavy atom. The summed E-state index contributed by atoms with van der Waals surface area (Å²) in [6.45, 7) is 0.410. The third-order valence-corrected chi connectivity index (χ3v) is 4.23. The number of aliphatic hydroxyl groups excluding tert-OH is 1. The first kappa shape index (κ1) is 16.5. The van der Waals surface area contributed by atoms with Gasteiger partial charge in [0.05, 0.1) is 18.7 Å². The Morgan fingerprint density at radius 2 is 1.88 bits per heavy atom. The summed E-state index contributed by atoms with van der Waals surface area (Å²) in [5.41, 5.74) is 1.57. The van der Waals surface area contributed by atoms with Crippen molar-refractivity contribution in [1.29, 1.82) is 0 Å². The maximum Gasteiger partial charge on any atom is 0.338 e. The smallest absolute Gasteiger partial charge is 0.338 e. The van der Waals surface area contributed by atoms with Gasteiger partial charge < -0.3 is 19.9 Å². The first-order chi connectivity index (χ1) is 11.7. The highest BCUT2D eigenvalue weighted by atomic mass is 16.6. The van der Waals surface area contributed by atoms with Gasteiger partial charge in [-0.2, -0.15) is 0 Å². The molecule has 0 aliphatic carbocycles. The van der Waals surface area contributed by atoms with Crippen molar-refractivity contribution in [1.82, 2.24) is 5.32 Å². The number of rotatable bonds is 5. The second-order valence-electron chi connectivity index (χ2n) is 5.87. The second-order valence-corrected chi connectivity index (χ2v) is 5.87. The Bertz CT molecular complexity index is 672. The molecule has 0 bridgehead atoms. The van der Waals surface area contributed by atoms with Gasteiger partial charge in [0.15, 0.2) is 0 Å². The van der Waals surface area contributed by atoms with E-state index in [1.165, 1.54) is 0 Å². The highest BCUT2D eigenvalue weighted by Gasteiger charge is 2.37. The maximum atomic E-state index is 12.3. The number of aliphatic hydroxyl groups is 1. The van der Waals surface area contributed by atoms with Crippen LogP contribution in [0.3, 0.4) is 0 Å². The zero-order chi connectivity index (χ0) is 16.9. The Kier molecular flexibility index (Phi) is 5.13. The second kappa shape index (κ2) is 7.47. The van der Waals surface area contributed by atoms with E-state index in [1.54, 1.807) is 31.4 Å². The average molecular weight is 327 g/mol. The normalized spacial score (nSPS) is 23.0. The molecule has 0 spiro atoms. The minimum absolute atomic E-state index is 0.124. The molecule has 2 aromatic rings. The first-order valence-electron chi connectivity index (χ1n) is 7.98. The summed E-state index contributed by atoms with van der Waals surface area (Å²) in [5, 5.41) is 13.4. The van der Waals surface area contributed by atoms with E-state index in [2.05, 4.69) is 5.32 Å². The third-order valence-electron chi connectivity index (χ3n) is 4.23. The molecule has 2 N–H and O–H groups in total. The van der Waals surface area contributed by atoms with E-state index in [0.29, 0.717) is 18.5 Å². The molecule has 0 radical (unpaired) electrons. The molecule has 0 amide bonds. The van der Waals surface area contributed by atoms with Gasteiger partial charge in [-0.25, -0.2) is 4.79 Å². The molecule has 24 heavy (non-hydrogen) atoms. The summed E-state index contributed by atoms with van der Waals surface area (Å²) in [4.78, 5) is 12.3. The van der Waals surface area contributed by atoms with Gasteiger partial charge in [-0.3, -0.25) is 0 Å². The van der Waals surface area contributed by atoms with E-state index in [1.807, 2.05) is 30.3 Å². The number of β-amino-alcohol motifs (C(OH)–C–C–N with tert-alkyl or cyclic N) is 1. The number of nitrogens with one attached hydrogen (secondary N) is 1. The molecule has 3 rings (SSSR count). The van der Waals surface area contributed by atoms with Crippen molar-refractivity contribution in [3.63, 3.8) is 0 Å². The van der Waals surface area contributed by atoms with Crippen LogP contribution in [0.25, 0.3) is 0 Å². The Morgan fingerprint density at radius 1 is 1.17 bits per heavy atom. The molecule has 0 saturated carbocycles. The van der Waals surface area contributed by atoms with E-state index in [9.17, 15) is 9.90 Å². The Labute approximate surface area is 141 Å². The molecule has 5 nitrogen and oxygen atoms in total. The lowest BCUT2D eigenvalue weighted by Crippen LogP contribution is -2.38. The first-order valence-corrected chi connectivity index (χ1v) is 7.98. The summed E-state index contributed by atoms with van der Waals surface area (Å²) >= 11 is 0. The fourth-order valence-electron chi connectivity index (χ4n) is 2.90. The van der Waals surface area contributed by atoms with Gasteiger partial charge in [0.2, 0.25) is 0 Å². The van der Waals surface area contributed by atoms with Crippen LogP contribution in [0.1, 0.15) is 15.9 Å². The highest BCUT2D eigenvalue weighted by molar-refractivity contribution is 5.89. The quantitative estimate of drug-likeness (QED) is 0.820. The number of benzene rings is 2. The van der Waals surface area contributed by atoms with Crippen molar-refractivity contribution in [2.24, 2.45) is 0 Å². The molecule has 0 unspecified atom stereocenters. The molecule has 1 fully saturated rings. The van der Waals surface area contributed by atoms with E-state index < -0.39 is 18.2 Å². The predicted octanol–water partition coefficient (Wildman–Crippen LogP) is 1.80. The molecule has 1 saturated heterocycles. The van der Waals surface area contributed by atoms with Crippen molar-refractivity contribution in [3.05, 3.63) is 65.7 Å². The molecule has 1 aliphatic heterocycles. The molecule has 1 aliphatic rings. The molecule has 126 valence electrons. The monoisotopic (exact) mass is 327 g/mol. The summed E-state index contributed by atoms with van der Waals surface area (Å²) < 4.78 is 10.7.